The molecule has 3 heterocycles. The molecule has 0 aliphatic carbocycles. The molecule has 0 radical (unpaired) electrons. The topological polar surface area (TPSA) is 71.7 Å². The standard InChI is InChI=1S/C16H26N4O3/c1-13-14(18-23-17-13)11-19-7-5-16(6-8-19)4-3-15(21)20(12-16)9-10-22-2/h3-12H2,1-2H3. The van der Waals surface area contributed by atoms with E-state index in [4.69, 9.17) is 9.37 Å². The van der Waals surface area contributed by atoms with Crippen LogP contribution in [0.1, 0.15) is 37.1 Å². The van der Waals surface area contributed by atoms with Crippen molar-refractivity contribution in [3.63, 3.8) is 0 Å². The molecule has 1 aromatic heterocycles. The largest absolute Gasteiger partial charge is 0.383 e. The zero-order valence-electron chi connectivity index (χ0n) is 14.1. The highest BCUT2D eigenvalue weighted by Gasteiger charge is 2.40. The van der Waals surface area contributed by atoms with E-state index in [0.29, 0.717) is 19.6 Å². The number of piperidine rings is 2. The van der Waals surface area contributed by atoms with Crippen molar-refractivity contribution in [2.45, 2.75) is 39.2 Å². The van der Waals surface area contributed by atoms with E-state index in [-0.39, 0.29) is 11.3 Å². The van der Waals surface area contributed by atoms with Crippen molar-refractivity contribution < 1.29 is 14.2 Å². The molecule has 3 rings (SSSR count). The van der Waals surface area contributed by atoms with Crippen LogP contribution in [-0.2, 0) is 16.1 Å². The van der Waals surface area contributed by atoms with Gasteiger partial charge in [0.05, 0.1) is 6.61 Å². The fourth-order valence-electron chi connectivity index (χ4n) is 3.71. The summed E-state index contributed by atoms with van der Waals surface area (Å²) in [6, 6.07) is 0. The van der Waals surface area contributed by atoms with Gasteiger partial charge in [0.15, 0.2) is 0 Å². The highest BCUT2D eigenvalue weighted by molar-refractivity contribution is 5.77. The van der Waals surface area contributed by atoms with E-state index in [1.807, 2.05) is 11.8 Å². The molecule has 7 nitrogen and oxygen atoms in total. The molecule has 0 aromatic carbocycles. The summed E-state index contributed by atoms with van der Waals surface area (Å²) in [6.07, 6.45) is 3.96. The fourth-order valence-corrected chi connectivity index (χ4v) is 3.71. The molecule has 7 heteroatoms. The number of carbonyl (C=O) groups excluding carboxylic acids is 1. The Kier molecular flexibility index (Phi) is 4.96. The van der Waals surface area contributed by atoms with Gasteiger partial charge in [0, 0.05) is 33.2 Å². The Morgan fingerprint density at radius 2 is 2.04 bits per heavy atom. The number of aryl methyl sites for hydroxylation is 1. The third kappa shape index (κ3) is 3.72. The lowest BCUT2D eigenvalue weighted by atomic mass is 9.72. The van der Waals surface area contributed by atoms with Crippen LogP contribution < -0.4 is 0 Å². The lowest BCUT2D eigenvalue weighted by Crippen LogP contribution is -2.52. The Morgan fingerprint density at radius 1 is 1.26 bits per heavy atom. The van der Waals surface area contributed by atoms with Crippen LogP contribution in [-0.4, -0.2) is 65.9 Å². The fraction of sp³-hybridized carbons (Fsp3) is 0.812. The van der Waals surface area contributed by atoms with Gasteiger partial charge < -0.3 is 9.64 Å². The second-order valence-electron chi connectivity index (χ2n) is 6.88. The number of carbonyl (C=O) groups is 1. The van der Waals surface area contributed by atoms with Crippen molar-refractivity contribution >= 4 is 5.91 Å². The zero-order valence-corrected chi connectivity index (χ0v) is 14.1. The first-order valence-electron chi connectivity index (χ1n) is 8.39. The molecular weight excluding hydrogens is 296 g/mol. The van der Waals surface area contributed by atoms with Gasteiger partial charge in [-0.05, 0) is 44.7 Å². The summed E-state index contributed by atoms with van der Waals surface area (Å²) in [6.45, 7) is 7.03. The van der Waals surface area contributed by atoms with Gasteiger partial charge in [0.25, 0.3) is 0 Å². The van der Waals surface area contributed by atoms with E-state index in [0.717, 1.165) is 56.8 Å². The normalized spacial score (nSPS) is 22.0. The Balaban J connectivity index is 1.55. The molecule has 0 atom stereocenters. The SMILES string of the molecule is COCCN1CC2(CCC1=O)CCN(Cc1nonc1C)CC2. The van der Waals surface area contributed by atoms with Gasteiger partial charge >= 0.3 is 0 Å². The maximum Gasteiger partial charge on any atom is 0.222 e. The number of amides is 1. The Labute approximate surface area is 136 Å². The average Bonchev–Trinajstić information content (AvgIpc) is 2.96. The number of hydrogen-bond acceptors (Lipinski definition) is 6. The van der Waals surface area contributed by atoms with Crippen molar-refractivity contribution in [1.82, 2.24) is 20.1 Å². The maximum absolute atomic E-state index is 12.1. The molecule has 128 valence electrons. The highest BCUT2D eigenvalue weighted by Crippen LogP contribution is 2.40. The Hall–Kier alpha value is -1.47. The minimum atomic E-state index is 0.277. The van der Waals surface area contributed by atoms with Crippen molar-refractivity contribution in [1.29, 1.82) is 0 Å². The van der Waals surface area contributed by atoms with E-state index < -0.39 is 0 Å². The molecule has 2 fully saturated rings. The van der Waals surface area contributed by atoms with Crippen LogP contribution in [0.15, 0.2) is 4.63 Å². The quantitative estimate of drug-likeness (QED) is 0.812. The molecule has 0 saturated carbocycles. The number of hydrogen-bond donors (Lipinski definition) is 0. The second kappa shape index (κ2) is 6.97. The van der Waals surface area contributed by atoms with Gasteiger partial charge in [-0.1, -0.05) is 10.3 Å². The number of nitrogens with zero attached hydrogens (tertiary/aromatic N) is 4. The van der Waals surface area contributed by atoms with Crippen molar-refractivity contribution in [3.8, 4) is 0 Å². The number of ether oxygens (including phenoxy) is 1. The molecule has 2 aliphatic heterocycles. The van der Waals surface area contributed by atoms with Crippen LogP contribution in [0.3, 0.4) is 0 Å². The van der Waals surface area contributed by atoms with E-state index >= 15 is 0 Å². The third-order valence-corrected chi connectivity index (χ3v) is 5.35. The van der Waals surface area contributed by atoms with Crippen molar-refractivity contribution in [2.24, 2.45) is 5.41 Å². The second-order valence-corrected chi connectivity index (χ2v) is 6.88. The highest BCUT2D eigenvalue weighted by atomic mass is 16.6. The molecule has 1 spiro atoms. The average molecular weight is 322 g/mol. The van der Waals surface area contributed by atoms with Crippen molar-refractivity contribution in [3.05, 3.63) is 11.4 Å². The molecule has 0 bridgehead atoms. The number of likely N-dealkylation sites (tertiary alicyclic amines) is 2. The summed E-state index contributed by atoms with van der Waals surface area (Å²) in [5, 5.41) is 7.82. The molecule has 1 aromatic rings. The summed E-state index contributed by atoms with van der Waals surface area (Å²) in [7, 11) is 1.68. The van der Waals surface area contributed by atoms with Gasteiger partial charge in [0.1, 0.15) is 11.4 Å². The summed E-state index contributed by atoms with van der Waals surface area (Å²) in [5.74, 6) is 0.277. The first-order valence-corrected chi connectivity index (χ1v) is 8.39. The summed E-state index contributed by atoms with van der Waals surface area (Å²) in [4.78, 5) is 16.5. The molecule has 0 N–H and O–H groups in total. The summed E-state index contributed by atoms with van der Waals surface area (Å²) >= 11 is 0. The predicted molar refractivity (Wildman–Crippen MR) is 83.7 cm³/mol. The minimum absolute atomic E-state index is 0.277. The van der Waals surface area contributed by atoms with E-state index in [2.05, 4.69) is 15.2 Å². The third-order valence-electron chi connectivity index (χ3n) is 5.35. The molecular formula is C16H26N4O3. The van der Waals surface area contributed by atoms with Crippen molar-refractivity contribution in [2.75, 3.05) is 39.9 Å². The number of rotatable bonds is 5. The first kappa shape index (κ1) is 16.4. The van der Waals surface area contributed by atoms with Crippen LogP contribution in [0.4, 0.5) is 0 Å². The Bertz CT molecular complexity index is 537. The van der Waals surface area contributed by atoms with Crippen LogP contribution >= 0.6 is 0 Å². The Morgan fingerprint density at radius 3 is 2.70 bits per heavy atom. The predicted octanol–water partition coefficient (Wildman–Crippen LogP) is 1.23. The monoisotopic (exact) mass is 322 g/mol. The van der Waals surface area contributed by atoms with Gasteiger partial charge in [-0.3, -0.25) is 9.69 Å². The summed E-state index contributed by atoms with van der Waals surface area (Å²) < 4.78 is 9.91. The van der Waals surface area contributed by atoms with Gasteiger partial charge in [-0.15, -0.1) is 0 Å². The zero-order chi connectivity index (χ0) is 16.3. The molecule has 0 unspecified atom stereocenters. The van der Waals surface area contributed by atoms with E-state index in [1.54, 1.807) is 7.11 Å². The smallest absolute Gasteiger partial charge is 0.222 e. The van der Waals surface area contributed by atoms with Gasteiger partial charge in [-0.2, -0.15) is 0 Å². The van der Waals surface area contributed by atoms with Crippen LogP contribution in [0.2, 0.25) is 0 Å². The van der Waals surface area contributed by atoms with Crippen LogP contribution in [0, 0.1) is 12.3 Å². The minimum Gasteiger partial charge on any atom is -0.383 e. The molecule has 23 heavy (non-hydrogen) atoms. The van der Waals surface area contributed by atoms with Crippen LogP contribution in [0.5, 0.6) is 0 Å². The molecule has 2 aliphatic rings. The van der Waals surface area contributed by atoms with Gasteiger partial charge in [-0.25, -0.2) is 4.63 Å². The maximum atomic E-state index is 12.1. The molecule has 1 amide bonds. The molecule has 2 saturated heterocycles. The lowest BCUT2D eigenvalue weighted by Gasteiger charge is -2.47. The lowest BCUT2D eigenvalue weighted by molar-refractivity contribution is -0.140. The van der Waals surface area contributed by atoms with Crippen LogP contribution in [0.25, 0.3) is 0 Å². The first-order chi connectivity index (χ1) is 11.1. The van der Waals surface area contributed by atoms with Gasteiger partial charge in [0.2, 0.25) is 5.91 Å². The number of aromatic nitrogens is 2. The summed E-state index contributed by atoms with van der Waals surface area (Å²) in [5.41, 5.74) is 2.09. The van der Waals surface area contributed by atoms with E-state index in [1.165, 1.54) is 0 Å². The number of methoxy groups -OCH3 is 1. The van der Waals surface area contributed by atoms with E-state index in [9.17, 15) is 4.79 Å².